The van der Waals surface area contributed by atoms with Gasteiger partial charge >= 0.3 is 0 Å². The molecule has 3 aromatic rings. The number of nitrogens with two attached hydrogens (primary N) is 1. The van der Waals surface area contributed by atoms with Gasteiger partial charge in [-0.1, -0.05) is 72.8 Å². The first kappa shape index (κ1) is 31.0. The van der Waals surface area contributed by atoms with E-state index in [0.717, 1.165) is 27.8 Å². The van der Waals surface area contributed by atoms with Crippen molar-refractivity contribution in [2.75, 3.05) is 6.61 Å². The largest absolute Gasteiger partial charge is 0.508 e. The van der Waals surface area contributed by atoms with Crippen LogP contribution in [0.25, 0.3) is 0 Å². The maximum absolute atomic E-state index is 13.3. The molecule has 0 saturated carbocycles. The number of phenolic OH excluding ortho intramolecular Hbond substituents is 1. The van der Waals surface area contributed by atoms with Crippen molar-refractivity contribution < 1.29 is 25.2 Å². The minimum atomic E-state index is -1.11. The summed E-state index contributed by atoms with van der Waals surface area (Å²) in [5, 5.41) is 44.3. The summed E-state index contributed by atoms with van der Waals surface area (Å²) in [5.74, 6) is -0.952. The van der Waals surface area contributed by atoms with E-state index in [0.29, 0.717) is 19.3 Å². The predicted octanol–water partition coefficient (Wildman–Crippen LogP) is 3.13. The van der Waals surface area contributed by atoms with Gasteiger partial charge in [-0.25, -0.2) is 0 Å². The Bertz CT molecular complexity index is 1210. The fraction of sp³-hybridized carbons (Fsp3) is 0.364. The van der Waals surface area contributed by atoms with Gasteiger partial charge in [0.25, 0.3) is 0 Å². The molecule has 1 amide bonds. The maximum Gasteiger partial charge on any atom is 0.226 e. The molecule has 214 valence electrons. The third-order valence-corrected chi connectivity index (χ3v) is 7.26. The molecular formula is C33H42N2O5. The van der Waals surface area contributed by atoms with Crippen LogP contribution in [0.4, 0.5) is 0 Å². The van der Waals surface area contributed by atoms with Gasteiger partial charge in [-0.05, 0) is 79.5 Å². The Hall–Kier alpha value is -3.49. The molecule has 0 radical (unpaired) electrons. The Kier molecular flexibility index (Phi) is 11.9. The van der Waals surface area contributed by atoms with E-state index in [2.05, 4.69) is 5.32 Å². The van der Waals surface area contributed by atoms with Gasteiger partial charge in [-0.2, -0.15) is 0 Å². The molecule has 0 aliphatic carbocycles. The average molecular weight is 547 g/mol. The lowest BCUT2D eigenvalue weighted by molar-refractivity contribution is -0.128. The summed E-state index contributed by atoms with van der Waals surface area (Å²) in [6.45, 7) is 3.57. The Morgan fingerprint density at radius 2 is 1.45 bits per heavy atom. The van der Waals surface area contributed by atoms with E-state index in [-0.39, 0.29) is 24.7 Å². The molecule has 7 N–H and O–H groups in total. The van der Waals surface area contributed by atoms with E-state index in [1.165, 1.54) is 6.08 Å². The van der Waals surface area contributed by atoms with Gasteiger partial charge in [0.1, 0.15) is 5.75 Å². The van der Waals surface area contributed by atoms with E-state index in [1.54, 1.807) is 18.2 Å². The number of amides is 1. The van der Waals surface area contributed by atoms with Crippen molar-refractivity contribution in [2.24, 2.45) is 11.7 Å². The number of phenols is 1. The normalized spacial score (nSPS) is 15.3. The third-order valence-electron chi connectivity index (χ3n) is 7.26. The topological polar surface area (TPSA) is 136 Å². The molecule has 0 aromatic heterocycles. The number of aryl methyl sites for hydroxylation is 2. The van der Waals surface area contributed by atoms with E-state index in [9.17, 15) is 25.2 Å². The van der Waals surface area contributed by atoms with E-state index >= 15 is 0 Å². The number of rotatable bonds is 14. The van der Waals surface area contributed by atoms with Crippen LogP contribution in [0.15, 0.2) is 84.9 Å². The number of hydrogen-bond acceptors (Lipinski definition) is 6. The highest BCUT2D eigenvalue weighted by Gasteiger charge is 2.27. The van der Waals surface area contributed by atoms with Crippen LogP contribution in [0.2, 0.25) is 0 Å². The predicted molar refractivity (Wildman–Crippen MR) is 158 cm³/mol. The number of aliphatic hydroxyl groups is 3. The van der Waals surface area contributed by atoms with Crippen molar-refractivity contribution in [3.05, 3.63) is 113 Å². The molecule has 5 unspecified atom stereocenters. The van der Waals surface area contributed by atoms with Gasteiger partial charge in [0.2, 0.25) is 5.91 Å². The number of carbonyl (C=O) groups is 1. The lowest BCUT2D eigenvalue weighted by Crippen LogP contribution is -2.45. The molecule has 0 aliphatic rings. The number of nitrogens with one attached hydrogen (secondary N) is 1. The van der Waals surface area contributed by atoms with E-state index < -0.39 is 30.2 Å². The molecule has 3 rings (SSSR count). The summed E-state index contributed by atoms with van der Waals surface area (Å²) in [4.78, 5) is 13.3. The fourth-order valence-electron chi connectivity index (χ4n) is 4.94. The SMILES string of the molecule is Cc1cc(O)cc(C)c1CC(N)C(O)C/C=C/C(O)C(Cc1ccccc1)C(=O)NC(CO)Cc1ccccc1. The number of carbonyl (C=O) groups excluding carboxylic acids is 1. The molecule has 0 fully saturated rings. The smallest absolute Gasteiger partial charge is 0.226 e. The summed E-state index contributed by atoms with van der Waals surface area (Å²) in [6.07, 6.45) is 2.65. The first-order chi connectivity index (χ1) is 19.2. The summed E-state index contributed by atoms with van der Waals surface area (Å²) < 4.78 is 0. The maximum atomic E-state index is 13.3. The van der Waals surface area contributed by atoms with Crippen molar-refractivity contribution in [2.45, 2.75) is 63.8 Å². The van der Waals surface area contributed by atoms with Gasteiger partial charge in [0, 0.05) is 6.04 Å². The Labute approximate surface area is 237 Å². The van der Waals surface area contributed by atoms with Gasteiger partial charge in [0.05, 0.1) is 30.8 Å². The first-order valence-corrected chi connectivity index (χ1v) is 13.7. The van der Waals surface area contributed by atoms with Gasteiger partial charge in [-0.3, -0.25) is 4.79 Å². The highest BCUT2D eigenvalue weighted by atomic mass is 16.3. The zero-order valence-corrected chi connectivity index (χ0v) is 23.3. The molecule has 0 bridgehead atoms. The summed E-state index contributed by atoms with van der Waals surface area (Å²) in [6, 6.07) is 21.4. The average Bonchev–Trinajstić information content (AvgIpc) is 2.94. The molecule has 0 aliphatic heterocycles. The monoisotopic (exact) mass is 546 g/mol. The van der Waals surface area contributed by atoms with Crippen LogP contribution in [0.5, 0.6) is 5.75 Å². The van der Waals surface area contributed by atoms with E-state index in [1.807, 2.05) is 74.5 Å². The second-order valence-corrected chi connectivity index (χ2v) is 10.5. The van der Waals surface area contributed by atoms with Crippen LogP contribution in [0.3, 0.4) is 0 Å². The van der Waals surface area contributed by atoms with Crippen molar-refractivity contribution in [3.8, 4) is 5.75 Å². The number of aromatic hydroxyl groups is 1. The van der Waals surface area contributed by atoms with Crippen LogP contribution in [-0.2, 0) is 24.1 Å². The van der Waals surface area contributed by atoms with Crippen molar-refractivity contribution in [1.29, 1.82) is 0 Å². The fourth-order valence-corrected chi connectivity index (χ4v) is 4.94. The molecule has 0 saturated heterocycles. The number of aliphatic hydroxyl groups excluding tert-OH is 3. The van der Waals surface area contributed by atoms with Crippen molar-refractivity contribution >= 4 is 5.91 Å². The molecule has 0 heterocycles. The first-order valence-electron chi connectivity index (χ1n) is 13.7. The minimum absolute atomic E-state index is 0.198. The van der Waals surface area contributed by atoms with Crippen LogP contribution in [0.1, 0.15) is 34.2 Å². The van der Waals surface area contributed by atoms with Gasteiger partial charge < -0.3 is 31.5 Å². The minimum Gasteiger partial charge on any atom is -0.508 e. The molecule has 3 aromatic carbocycles. The standard InChI is InChI=1S/C33H42N2O5/c1-22-16-27(37)17-23(2)28(22)20-30(34)32(39)15-9-14-31(38)29(19-25-12-7-4-8-13-25)33(40)35-26(21-36)18-24-10-5-3-6-11-24/h3-14,16-17,26,29-32,36-39H,15,18-21,34H2,1-2H3,(H,35,40)/b14-9+. The number of hydrogen-bond donors (Lipinski definition) is 6. The summed E-state index contributed by atoms with van der Waals surface area (Å²) >= 11 is 0. The number of benzene rings is 3. The van der Waals surface area contributed by atoms with Crippen LogP contribution in [-0.4, -0.2) is 57.2 Å². The summed E-state index contributed by atoms with van der Waals surface area (Å²) in [5.41, 5.74) is 11.0. The highest BCUT2D eigenvalue weighted by Crippen LogP contribution is 2.23. The van der Waals surface area contributed by atoms with Gasteiger partial charge in [-0.15, -0.1) is 0 Å². The highest BCUT2D eigenvalue weighted by molar-refractivity contribution is 5.80. The second-order valence-electron chi connectivity index (χ2n) is 10.5. The van der Waals surface area contributed by atoms with Gasteiger partial charge in [0.15, 0.2) is 0 Å². The lowest BCUT2D eigenvalue weighted by atomic mass is 9.91. The summed E-state index contributed by atoms with van der Waals surface area (Å²) in [7, 11) is 0. The van der Waals surface area contributed by atoms with Crippen molar-refractivity contribution in [1.82, 2.24) is 5.32 Å². The lowest BCUT2D eigenvalue weighted by Gasteiger charge is -2.24. The molecule has 40 heavy (non-hydrogen) atoms. The Morgan fingerprint density at radius 3 is 2.00 bits per heavy atom. The molecule has 0 spiro atoms. The zero-order chi connectivity index (χ0) is 29.1. The molecular weight excluding hydrogens is 504 g/mol. The second kappa shape index (κ2) is 15.3. The molecule has 5 atom stereocenters. The van der Waals surface area contributed by atoms with Crippen LogP contribution >= 0.6 is 0 Å². The third kappa shape index (κ3) is 9.31. The van der Waals surface area contributed by atoms with Crippen molar-refractivity contribution in [3.63, 3.8) is 0 Å². The Balaban J connectivity index is 1.65. The van der Waals surface area contributed by atoms with E-state index in [4.69, 9.17) is 5.73 Å². The zero-order valence-electron chi connectivity index (χ0n) is 23.3. The van der Waals surface area contributed by atoms with Crippen LogP contribution in [0, 0.1) is 19.8 Å². The quantitative estimate of drug-likeness (QED) is 0.172. The molecule has 7 nitrogen and oxygen atoms in total. The Morgan fingerprint density at radius 1 is 0.900 bits per heavy atom. The molecule has 7 heteroatoms. The van der Waals surface area contributed by atoms with Crippen LogP contribution < -0.4 is 11.1 Å².